The van der Waals surface area contributed by atoms with Crippen molar-refractivity contribution in [3.8, 4) is 0 Å². The van der Waals surface area contributed by atoms with E-state index in [4.69, 9.17) is 9.84 Å². The standard InChI is InChI=1S/C19H24FN3O7/c1-11(18(28)23-14(8-16(25)26)15(24)9-20)21-17(27)12(2)22-19(29)30-10-13-6-4-3-5-7-13/h3-7,11-12,14H,8-10H2,1-2H3,(H,21,27)(H,22,29)(H,23,28)(H,25,26)/t11-,12-,14-/m0/s1. The van der Waals surface area contributed by atoms with Crippen LogP contribution in [0.25, 0.3) is 0 Å². The van der Waals surface area contributed by atoms with Crippen molar-refractivity contribution in [1.29, 1.82) is 0 Å². The van der Waals surface area contributed by atoms with Crippen LogP contribution < -0.4 is 16.0 Å². The van der Waals surface area contributed by atoms with E-state index in [-0.39, 0.29) is 6.61 Å². The smallest absolute Gasteiger partial charge is 0.408 e. The quantitative estimate of drug-likeness (QED) is 0.398. The molecule has 10 nitrogen and oxygen atoms in total. The molecule has 0 fully saturated rings. The third-order valence-electron chi connectivity index (χ3n) is 3.91. The molecule has 0 aromatic heterocycles. The van der Waals surface area contributed by atoms with Gasteiger partial charge in [0.15, 0.2) is 5.78 Å². The minimum Gasteiger partial charge on any atom is -0.481 e. The summed E-state index contributed by atoms with van der Waals surface area (Å²) in [4.78, 5) is 58.2. The molecular weight excluding hydrogens is 401 g/mol. The Labute approximate surface area is 172 Å². The molecule has 3 atom stereocenters. The highest BCUT2D eigenvalue weighted by Gasteiger charge is 2.27. The van der Waals surface area contributed by atoms with Crippen LogP contribution >= 0.6 is 0 Å². The Morgan fingerprint density at radius 1 is 0.967 bits per heavy atom. The number of ether oxygens (including phenoxy) is 1. The van der Waals surface area contributed by atoms with E-state index in [0.717, 1.165) is 5.56 Å². The molecule has 4 N–H and O–H groups in total. The Bertz CT molecular complexity index is 773. The fourth-order valence-corrected chi connectivity index (χ4v) is 2.22. The molecule has 1 rings (SSSR count). The number of carboxylic acid groups (broad SMARTS) is 1. The van der Waals surface area contributed by atoms with E-state index in [1.807, 2.05) is 6.07 Å². The van der Waals surface area contributed by atoms with Crippen LogP contribution in [0, 0.1) is 0 Å². The Morgan fingerprint density at radius 3 is 2.10 bits per heavy atom. The van der Waals surface area contributed by atoms with E-state index < -0.39 is 60.9 Å². The summed E-state index contributed by atoms with van der Waals surface area (Å²) >= 11 is 0. The summed E-state index contributed by atoms with van der Waals surface area (Å²) in [6.07, 6.45) is -1.63. The molecule has 0 radical (unpaired) electrons. The molecule has 0 saturated carbocycles. The van der Waals surface area contributed by atoms with E-state index in [0.29, 0.717) is 0 Å². The zero-order chi connectivity index (χ0) is 22.7. The lowest BCUT2D eigenvalue weighted by Gasteiger charge is -2.20. The fourth-order valence-electron chi connectivity index (χ4n) is 2.22. The summed E-state index contributed by atoms with van der Waals surface area (Å²) in [6.45, 7) is 1.22. The third kappa shape index (κ3) is 8.67. The SMILES string of the molecule is C[C@H](NC(=O)OCc1ccccc1)C(=O)N[C@@H](C)C(=O)N[C@@H](CC(=O)O)C(=O)CF. The van der Waals surface area contributed by atoms with Gasteiger partial charge in [-0.3, -0.25) is 19.2 Å². The average molecular weight is 425 g/mol. The lowest BCUT2D eigenvalue weighted by Crippen LogP contribution is -2.54. The summed E-state index contributed by atoms with van der Waals surface area (Å²) in [5.41, 5.74) is 0.758. The van der Waals surface area contributed by atoms with Crippen molar-refractivity contribution in [3.05, 3.63) is 35.9 Å². The van der Waals surface area contributed by atoms with Gasteiger partial charge in [-0.05, 0) is 19.4 Å². The molecule has 0 bridgehead atoms. The number of aliphatic carboxylic acids is 1. The first-order valence-electron chi connectivity index (χ1n) is 9.02. The molecule has 0 unspecified atom stereocenters. The number of alkyl carbamates (subject to hydrolysis) is 1. The fraction of sp³-hybridized carbons (Fsp3) is 0.421. The van der Waals surface area contributed by atoms with E-state index in [9.17, 15) is 28.4 Å². The molecule has 1 aromatic carbocycles. The summed E-state index contributed by atoms with van der Waals surface area (Å²) in [6, 6.07) is 5.11. The number of rotatable bonds is 11. The minimum atomic E-state index is -1.55. The van der Waals surface area contributed by atoms with Gasteiger partial charge in [-0.2, -0.15) is 0 Å². The van der Waals surface area contributed by atoms with Gasteiger partial charge in [0.1, 0.15) is 31.4 Å². The molecular formula is C19H24FN3O7. The van der Waals surface area contributed by atoms with Crippen LogP contribution in [0.5, 0.6) is 0 Å². The van der Waals surface area contributed by atoms with Crippen LogP contribution in [0.2, 0.25) is 0 Å². The molecule has 1 aromatic rings. The van der Waals surface area contributed by atoms with Gasteiger partial charge in [-0.1, -0.05) is 30.3 Å². The first kappa shape index (κ1) is 24.5. The normalized spacial score (nSPS) is 13.3. The monoisotopic (exact) mass is 425 g/mol. The van der Waals surface area contributed by atoms with Gasteiger partial charge in [0.25, 0.3) is 0 Å². The van der Waals surface area contributed by atoms with Crippen LogP contribution in [-0.2, 0) is 30.5 Å². The summed E-state index contributed by atoms with van der Waals surface area (Å²) in [7, 11) is 0. The molecule has 0 spiro atoms. The highest BCUT2D eigenvalue weighted by molar-refractivity contribution is 5.95. The van der Waals surface area contributed by atoms with E-state index in [1.54, 1.807) is 24.3 Å². The van der Waals surface area contributed by atoms with Crippen molar-refractivity contribution >= 4 is 29.7 Å². The van der Waals surface area contributed by atoms with Crippen molar-refractivity contribution in [2.45, 2.75) is 45.0 Å². The number of carboxylic acids is 1. The van der Waals surface area contributed by atoms with Gasteiger partial charge in [-0.25, -0.2) is 9.18 Å². The van der Waals surface area contributed by atoms with Gasteiger partial charge < -0.3 is 25.8 Å². The number of benzene rings is 1. The van der Waals surface area contributed by atoms with Crippen LogP contribution in [0.1, 0.15) is 25.8 Å². The van der Waals surface area contributed by atoms with Gasteiger partial charge in [0.2, 0.25) is 11.8 Å². The van der Waals surface area contributed by atoms with Crippen LogP contribution in [0.15, 0.2) is 30.3 Å². The minimum absolute atomic E-state index is 0.00733. The lowest BCUT2D eigenvalue weighted by atomic mass is 10.1. The molecule has 0 aliphatic heterocycles. The molecule has 11 heteroatoms. The third-order valence-corrected chi connectivity index (χ3v) is 3.91. The average Bonchev–Trinajstić information content (AvgIpc) is 2.71. The van der Waals surface area contributed by atoms with E-state index >= 15 is 0 Å². The number of carbonyl (C=O) groups is 5. The number of amides is 3. The van der Waals surface area contributed by atoms with Crippen molar-refractivity contribution in [2.75, 3.05) is 6.67 Å². The molecule has 0 heterocycles. The van der Waals surface area contributed by atoms with E-state index in [1.165, 1.54) is 13.8 Å². The Balaban J connectivity index is 2.50. The second-order valence-electron chi connectivity index (χ2n) is 6.42. The summed E-state index contributed by atoms with van der Waals surface area (Å²) in [5.74, 6) is -4.10. The highest BCUT2D eigenvalue weighted by atomic mass is 19.1. The van der Waals surface area contributed by atoms with Gasteiger partial charge >= 0.3 is 12.1 Å². The van der Waals surface area contributed by atoms with Crippen LogP contribution in [-0.4, -0.2) is 59.6 Å². The maximum atomic E-state index is 12.5. The lowest BCUT2D eigenvalue weighted by molar-refractivity contribution is -0.140. The second kappa shape index (κ2) is 12.1. The van der Waals surface area contributed by atoms with Gasteiger partial charge in [0.05, 0.1) is 6.42 Å². The van der Waals surface area contributed by atoms with Crippen LogP contribution in [0.3, 0.4) is 0 Å². The topological polar surface area (TPSA) is 151 Å². The second-order valence-corrected chi connectivity index (χ2v) is 6.42. The van der Waals surface area contributed by atoms with Crippen molar-refractivity contribution in [2.24, 2.45) is 0 Å². The number of hydrogen-bond donors (Lipinski definition) is 4. The van der Waals surface area contributed by atoms with Crippen molar-refractivity contribution < 1.29 is 38.2 Å². The predicted molar refractivity (Wildman–Crippen MR) is 102 cm³/mol. The Kier molecular flexibility index (Phi) is 9.93. The molecule has 30 heavy (non-hydrogen) atoms. The number of halogens is 1. The maximum absolute atomic E-state index is 12.5. The van der Waals surface area contributed by atoms with E-state index in [2.05, 4.69) is 16.0 Å². The largest absolute Gasteiger partial charge is 0.481 e. The molecule has 3 amide bonds. The van der Waals surface area contributed by atoms with Gasteiger partial charge in [0, 0.05) is 0 Å². The number of carbonyl (C=O) groups excluding carboxylic acids is 4. The molecule has 164 valence electrons. The van der Waals surface area contributed by atoms with Crippen LogP contribution in [0.4, 0.5) is 9.18 Å². The number of alkyl halides is 1. The number of nitrogens with one attached hydrogen (secondary N) is 3. The zero-order valence-corrected chi connectivity index (χ0v) is 16.5. The summed E-state index contributed by atoms with van der Waals surface area (Å²) in [5, 5.41) is 15.4. The summed E-state index contributed by atoms with van der Waals surface area (Å²) < 4.78 is 17.5. The van der Waals surface area contributed by atoms with Crippen molar-refractivity contribution in [3.63, 3.8) is 0 Å². The first-order valence-corrected chi connectivity index (χ1v) is 9.02. The predicted octanol–water partition coefficient (Wildman–Crippen LogP) is 0.304. The highest BCUT2D eigenvalue weighted by Crippen LogP contribution is 2.01. The Morgan fingerprint density at radius 2 is 1.53 bits per heavy atom. The zero-order valence-electron chi connectivity index (χ0n) is 16.5. The molecule has 0 aliphatic carbocycles. The number of hydrogen-bond acceptors (Lipinski definition) is 6. The number of Topliss-reactive ketones (excluding diaryl/α,β-unsaturated/α-hetero) is 1. The first-order chi connectivity index (χ1) is 14.1. The van der Waals surface area contributed by atoms with Gasteiger partial charge in [-0.15, -0.1) is 0 Å². The Hall–Kier alpha value is -3.50. The van der Waals surface area contributed by atoms with Crippen molar-refractivity contribution in [1.82, 2.24) is 16.0 Å². The maximum Gasteiger partial charge on any atom is 0.408 e. The number of ketones is 1. The molecule has 0 aliphatic rings. The molecule has 0 saturated heterocycles.